The number of amidine groups is 1. The van der Waals surface area contributed by atoms with Crippen LogP contribution in [0.4, 0.5) is 4.39 Å². The van der Waals surface area contributed by atoms with E-state index in [9.17, 15) is 4.39 Å². The van der Waals surface area contributed by atoms with Crippen LogP contribution >= 0.6 is 0 Å². The molecule has 2 rings (SSSR count). The van der Waals surface area contributed by atoms with Gasteiger partial charge in [0, 0.05) is 13.0 Å². The average molecular weight is 178 g/mol. The van der Waals surface area contributed by atoms with Crippen LogP contribution in [0.3, 0.4) is 0 Å². The molecule has 1 aliphatic heterocycles. The van der Waals surface area contributed by atoms with Crippen molar-refractivity contribution in [3.8, 4) is 0 Å². The fourth-order valence-electron chi connectivity index (χ4n) is 1.39. The summed E-state index contributed by atoms with van der Waals surface area (Å²) >= 11 is 0. The van der Waals surface area contributed by atoms with Crippen LogP contribution in [0, 0.1) is 5.82 Å². The fourth-order valence-corrected chi connectivity index (χ4v) is 1.39. The second-order valence-electron chi connectivity index (χ2n) is 3.02. The molecule has 0 aromatic heterocycles. The van der Waals surface area contributed by atoms with Gasteiger partial charge >= 0.3 is 0 Å². The predicted molar refractivity (Wildman–Crippen MR) is 50.4 cm³/mol. The standard InChI is InChI=1S/C10H11FN2/c11-9-4-2-1-3-8(9)7-10-12-5-6-13-10/h1-4H,5-7H2,(H,12,13). The van der Waals surface area contributed by atoms with Crippen molar-refractivity contribution in [1.82, 2.24) is 5.32 Å². The summed E-state index contributed by atoms with van der Waals surface area (Å²) in [6.45, 7) is 1.69. The lowest BCUT2D eigenvalue weighted by atomic mass is 10.1. The van der Waals surface area contributed by atoms with Crippen molar-refractivity contribution in [2.75, 3.05) is 13.1 Å². The maximum atomic E-state index is 13.2. The summed E-state index contributed by atoms with van der Waals surface area (Å²) in [4.78, 5) is 4.21. The Kier molecular flexibility index (Phi) is 2.25. The highest BCUT2D eigenvalue weighted by Gasteiger charge is 2.08. The molecule has 2 nitrogen and oxygen atoms in total. The molecule has 0 unspecified atom stereocenters. The van der Waals surface area contributed by atoms with E-state index in [0.29, 0.717) is 12.0 Å². The lowest BCUT2D eigenvalue weighted by molar-refractivity contribution is 0.615. The minimum Gasteiger partial charge on any atom is -0.372 e. The van der Waals surface area contributed by atoms with Crippen molar-refractivity contribution in [2.45, 2.75) is 6.42 Å². The van der Waals surface area contributed by atoms with Gasteiger partial charge in [-0.25, -0.2) is 4.39 Å². The summed E-state index contributed by atoms with van der Waals surface area (Å²) in [6.07, 6.45) is 0.576. The highest BCUT2D eigenvalue weighted by molar-refractivity contribution is 5.85. The highest BCUT2D eigenvalue weighted by atomic mass is 19.1. The third-order valence-electron chi connectivity index (χ3n) is 2.06. The van der Waals surface area contributed by atoms with Crippen LogP contribution in [0.1, 0.15) is 5.56 Å². The first-order chi connectivity index (χ1) is 6.36. The number of benzene rings is 1. The minimum atomic E-state index is -0.154. The van der Waals surface area contributed by atoms with E-state index in [4.69, 9.17) is 0 Å². The molecule has 3 heteroatoms. The smallest absolute Gasteiger partial charge is 0.126 e. The summed E-state index contributed by atoms with van der Waals surface area (Å²) in [5.41, 5.74) is 0.704. The zero-order valence-corrected chi connectivity index (χ0v) is 7.26. The minimum absolute atomic E-state index is 0.154. The number of hydrogen-bond acceptors (Lipinski definition) is 2. The average Bonchev–Trinajstić information content (AvgIpc) is 2.61. The quantitative estimate of drug-likeness (QED) is 0.726. The molecular formula is C10H11FN2. The number of rotatable bonds is 2. The van der Waals surface area contributed by atoms with Gasteiger partial charge < -0.3 is 5.32 Å². The first-order valence-electron chi connectivity index (χ1n) is 4.37. The van der Waals surface area contributed by atoms with Gasteiger partial charge in [-0.15, -0.1) is 0 Å². The van der Waals surface area contributed by atoms with Gasteiger partial charge in [-0.1, -0.05) is 18.2 Å². The first-order valence-corrected chi connectivity index (χ1v) is 4.37. The third kappa shape index (κ3) is 1.86. The molecule has 1 aliphatic rings. The molecule has 0 radical (unpaired) electrons. The van der Waals surface area contributed by atoms with Crippen molar-refractivity contribution in [3.63, 3.8) is 0 Å². The Morgan fingerprint density at radius 3 is 2.92 bits per heavy atom. The summed E-state index contributed by atoms with van der Waals surface area (Å²) in [7, 11) is 0. The number of nitrogens with one attached hydrogen (secondary N) is 1. The van der Waals surface area contributed by atoms with E-state index in [2.05, 4.69) is 10.3 Å². The highest BCUT2D eigenvalue weighted by Crippen LogP contribution is 2.07. The van der Waals surface area contributed by atoms with Gasteiger partial charge in [-0.3, -0.25) is 4.99 Å². The molecule has 1 aromatic rings. The molecule has 0 saturated carbocycles. The first kappa shape index (κ1) is 8.23. The summed E-state index contributed by atoms with van der Waals surface area (Å²) in [6, 6.07) is 6.80. The third-order valence-corrected chi connectivity index (χ3v) is 2.06. The zero-order chi connectivity index (χ0) is 9.10. The molecule has 0 amide bonds. The van der Waals surface area contributed by atoms with Gasteiger partial charge in [0.2, 0.25) is 0 Å². The molecule has 0 saturated heterocycles. The van der Waals surface area contributed by atoms with Crippen molar-refractivity contribution in [2.24, 2.45) is 4.99 Å². The van der Waals surface area contributed by atoms with E-state index in [0.717, 1.165) is 18.9 Å². The monoisotopic (exact) mass is 178 g/mol. The predicted octanol–water partition coefficient (Wildman–Crippen LogP) is 1.37. The Labute approximate surface area is 76.5 Å². The van der Waals surface area contributed by atoms with Crippen LogP contribution in [-0.4, -0.2) is 18.9 Å². The normalized spacial score (nSPS) is 15.3. The molecule has 0 atom stereocenters. The van der Waals surface area contributed by atoms with Gasteiger partial charge in [0.05, 0.1) is 6.54 Å². The van der Waals surface area contributed by atoms with E-state index in [1.165, 1.54) is 6.07 Å². The molecule has 0 spiro atoms. The van der Waals surface area contributed by atoms with E-state index in [1.807, 2.05) is 6.07 Å². The molecule has 13 heavy (non-hydrogen) atoms. The van der Waals surface area contributed by atoms with Crippen molar-refractivity contribution >= 4 is 5.84 Å². The number of nitrogens with zero attached hydrogens (tertiary/aromatic N) is 1. The van der Waals surface area contributed by atoms with E-state index < -0.39 is 0 Å². The van der Waals surface area contributed by atoms with Crippen LogP contribution in [0.5, 0.6) is 0 Å². The number of hydrogen-bond donors (Lipinski definition) is 1. The second kappa shape index (κ2) is 3.56. The Morgan fingerprint density at radius 2 is 2.23 bits per heavy atom. The van der Waals surface area contributed by atoms with Crippen molar-refractivity contribution < 1.29 is 4.39 Å². The van der Waals surface area contributed by atoms with Gasteiger partial charge in [-0.2, -0.15) is 0 Å². The molecule has 1 aromatic carbocycles. The van der Waals surface area contributed by atoms with Gasteiger partial charge in [-0.05, 0) is 11.6 Å². The maximum Gasteiger partial charge on any atom is 0.126 e. The number of aliphatic imine (C=N–C) groups is 1. The summed E-state index contributed by atoms with van der Waals surface area (Å²) in [5, 5.41) is 3.12. The topological polar surface area (TPSA) is 24.4 Å². The Bertz CT molecular complexity index is 333. The molecule has 0 bridgehead atoms. The van der Waals surface area contributed by atoms with Crippen LogP contribution in [0.25, 0.3) is 0 Å². The zero-order valence-electron chi connectivity index (χ0n) is 7.26. The Balaban J connectivity index is 2.13. The molecule has 1 N–H and O–H groups in total. The summed E-state index contributed by atoms with van der Waals surface area (Å²) < 4.78 is 13.2. The van der Waals surface area contributed by atoms with Crippen molar-refractivity contribution in [1.29, 1.82) is 0 Å². The van der Waals surface area contributed by atoms with Crippen LogP contribution in [0.15, 0.2) is 29.3 Å². The van der Waals surface area contributed by atoms with Crippen molar-refractivity contribution in [3.05, 3.63) is 35.6 Å². The Morgan fingerprint density at radius 1 is 1.38 bits per heavy atom. The van der Waals surface area contributed by atoms with Crippen LogP contribution < -0.4 is 5.32 Å². The molecule has 0 aliphatic carbocycles. The molecule has 1 heterocycles. The maximum absolute atomic E-state index is 13.2. The van der Waals surface area contributed by atoms with Gasteiger partial charge in [0.25, 0.3) is 0 Å². The molecule has 68 valence electrons. The molecular weight excluding hydrogens is 167 g/mol. The molecule has 0 fully saturated rings. The van der Waals surface area contributed by atoms with Gasteiger partial charge in [0.15, 0.2) is 0 Å². The van der Waals surface area contributed by atoms with E-state index in [-0.39, 0.29) is 5.82 Å². The lowest BCUT2D eigenvalue weighted by Gasteiger charge is -2.02. The Hall–Kier alpha value is -1.38. The SMILES string of the molecule is Fc1ccccc1CC1=NCCN1. The van der Waals surface area contributed by atoms with Gasteiger partial charge in [0.1, 0.15) is 11.7 Å². The van der Waals surface area contributed by atoms with E-state index in [1.54, 1.807) is 12.1 Å². The van der Waals surface area contributed by atoms with E-state index >= 15 is 0 Å². The van der Waals surface area contributed by atoms with Crippen LogP contribution in [-0.2, 0) is 6.42 Å². The summed E-state index contributed by atoms with van der Waals surface area (Å²) in [5.74, 6) is 0.740. The number of halogens is 1. The second-order valence-corrected chi connectivity index (χ2v) is 3.02. The lowest BCUT2D eigenvalue weighted by Crippen LogP contribution is -2.20. The fraction of sp³-hybridized carbons (Fsp3) is 0.300. The largest absolute Gasteiger partial charge is 0.372 e. The van der Waals surface area contributed by atoms with Crippen LogP contribution in [0.2, 0.25) is 0 Å².